The average molecular weight is 945 g/mol. The smallest absolute Gasteiger partial charge is 0.249 e. The van der Waals surface area contributed by atoms with Crippen molar-refractivity contribution >= 4 is 5.91 Å². The van der Waals surface area contributed by atoms with Crippen LogP contribution in [0.5, 0.6) is 0 Å². The van der Waals surface area contributed by atoms with E-state index < -0.39 is 24.2 Å². The number of amides is 1. The third-order valence-corrected chi connectivity index (χ3v) is 14.6. The van der Waals surface area contributed by atoms with E-state index in [9.17, 15) is 20.1 Å². The summed E-state index contributed by atoms with van der Waals surface area (Å²) in [5.41, 5.74) is 0. The Morgan fingerprint density at radius 2 is 0.612 bits per heavy atom. The maximum absolute atomic E-state index is 12.6. The minimum Gasteiger partial charge on any atom is -0.394 e. The first-order valence-electron chi connectivity index (χ1n) is 30.6. The molecule has 0 aliphatic rings. The first-order chi connectivity index (χ1) is 33.1. The van der Waals surface area contributed by atoms with Crippen molar-refractivity contribution in [1.29, 1.82) is 0 Å². The number of unbranched alkanes of at least 4 members (excludes halogenated alkanes) is 45. The maximum Gasteiger partial charge on any atom is 0.249 e. The van der Waals surface area contributed by atoms with Gasteiger partial charge in [-0.25, -0.2) is 0 Å². The molecule has 3 atom stereocenters. The Hall–Kier alpha value is -1.17. The molecule has 0 aromatic rings. The van der Waals surface area contributed by atoms with Crippen LogP contribution in [0.3, 0.4) is 0 Å². The fraction of sp³-hybridized carbons (Fsp3) is 0.919. The molecule has 0 aliphatic carbocycles. The molecule has 4 N–H and O–H groups in total. The second kappa shape index (κ2) is 57.4. The van der Waals surface area contributed by atoms with Gasteiger partial charge in [0.2, 0.25) is 5.91 Å². The topological polar surface area (TPSA) is 89.8 Å². The largest absolute Gasteiger partial charge is 0.394 e. The zero-order valence-electron chi connectivity index (χ0n) is 45.6. The lowest BCUT2D eigenvalue weighted by atomic mass is 10.0. The molecule has 0 heterocycles. The molecular weight excluding hydrogens is 823 g/mol. The highest BCUT2D eigenvalue weighted by Crippen LogP contribution is 2.18. The second-order valence-electron chi connectivity index (χ2n) is 21.3. The van der Waals surface area contributed by atoms with Crippen molar-refractivity contribution in [2.24, 2.45) is 0 Å². The van der Waals surface area contributed by atoms with Crippen LogP contribution in [-0.2, 0) is 4.79 Å². The Morgan fingerprint density at radius 1 is 0.358 bits per heavy atom. The molecule has 67 heavy (non-hydrogen) atoms. The van der Waals surface area contributed by atoms with Gasteiger partial charge in [0.15, 0.2) is 0 Å². The van der Waals surface area contributed by atoms with E-state index in [1.54, 1.807) is 0 Å². The molecule has 0 rings (SSSR count). The van der Waals surface area contributed by atoms with Crippen molar-refractivity contribution < 1.29 is 20.1 Å². The molecule has 0 aromatic carbocycles. The first-order valence-corrected chi connectivity index (χ1v) is 30.6. The number of aliphatic hydroxyl groups is 3. The van der Waals surface area contributed by atoms with Gasteiger partial charge in [-0.05, 0) is 44.9 Å². The summed E-state index contributed by atoms with van der Waals surface area (Å²) in [6.45, 7) is 4.27. The quantitative estimate of drug-likeness (QED) is 0.0361. The van der Waals surface area contributed by atoms with Crippen molar-refractivity contribution in [3.8, 4) is 0 Å². The van der Waals surface area contributed by atoms with Crippen LogP contribution in [0, 0.1) is 0 Å². The first kappa shape index (κ1) is 65.8. The average Bonchev–Trinajstić information content (AvgIpc) is 3.33. The number of hydrogen-bond donors (Lipinski definition) is 4. The van der Waals surface area contributed by atoms with E-state index in [-0.39, 0.29) is 6.61 Å². The van der Waals surface area contributed by atoms with Crippen molar-refractivity contribution in [3.63, 3.8) is 0 Å². The van der Waals surface area contributed by atoms with Crippen LogP contribution in [0.4, 0.5) is 0 Å². The number of carbonyl (C=O) groups excluding carboxylic acids is 1. The fourth-order valence-electron chi connectivity index (χ4n) is 9.81. The van der Waals surface area contributed by atoms with E-state index in [0.717, 1.165) is 38.5 Å². The number of aliphatic hydroxyl groups excluding tert-OH is 3. The molecule has 1 amide bonds. The maximum atomic E-state index is 12.6. The van der Waals surface area contributed by atoms with Gasteiger partial charge in [0.05, 0.1) is 18.8 Å². The summed E-state index contributed by atoms with van der Waals surface area (Å²) in [6.07, 6.45) is 73.8. The van der Waals surface area contributed by atoms with E-state index in [2.05, 4.69) is 43.5 Å². The summed E-state index contributed by atoms with van der Waals surface area (Å²) in [6, 6.07) is -0.712. The highest BCUT2D eigenvalue weighted by molar-refractivity contribution is 5.80. The summed E-state index contributed by atoms with van der Waals surface area (Å²) >= 11 is 0. The van der Waals surface area contributed by atoms with Gasteiger partial charge in [0.1, 0.15) is 6.10 Å². The summed E-state index contributed by atoms with van der Waals surface area (Å²) in [5.74, 6) is -0.465. The molecule has 0 saturated heterocycles. The van der Waals surface area contributed by atoms with E-state index in [1.165, 1.54) is 276 Å². The van der Waals surface area contributed by atoms with Gasteiger partial charge in [-0.2, -0.15) is 0 Å². The summed E-state index contributed by atoms with van der Waals surface area (Å²) in [7, 11) is 0. The van der Waals surface area contributed by atoms with Gasteiger partial charge in [0, 0.05) is 0 Å². The van der Waals surface area contributed by atoms with Crippen LogP contribution in [0.1, 0.15) is 341 Å². The number of allylic oxidation sites excluding steroid dienone is 4. The van der Waals surface area contributed by atoms with Gasteiger partial charge in [0.25, 0.3) is 0 Å². The third-order valence-electron chi connectivity index (χ3n) is 14.6. The number of carbonyl (C=O) groups is 1. The highest BCUT2D eigenvalue weighted by atomic mass is 16.3. The Morgan fingerprint density at radius 3 is 0.896 bits per heavy atom. The van der Waals surface area contributed by atoms with E-state index in [1.807, 2.05) is 0 Å². The Labute approximate surface area is 420 Å². The van der Waals surface area contributed by atoms with E-state index in [0.29, 0.717) is 12.8 Å². The monoisotopic (exact) mass is 944 g/mol. The molecule has 0 fully saturated rings. The van der Waals surface area contributed by atoms with Crippen molar-refractivity contribution in [2.75, 3.05) is 6.61 Å². The minimum atomic E-state index is -1.08. The molecule has 0 aliphatic heterocycles. The lowest BCUT2D eigenvalue weighted by molar-refractivity contribution is -0.131. The molecule has 0 bridgehead atoms. The van der Waals surface area contributed by atoms with Gasteiger partial charge >= 0.3 is 0 Å². The molecule has 0 radical (unpaired) electrons. The molecule has 0 aromatic heterocycles. The molecule has 0 spiro atoms. The van der Waals surface area contributed by atoms with Crippen LogP contribution in [-0.4, -0.2) is 46.1 Å². The standard InChI is InChI=1S/C62H121NO4/c1-3-5-7-9-11-13-15-17-19-21-23-25-27-28-29-30-31-32-33-35-37-39-41-43-45-47-49-51-53-55-57-61(66)62(67)63-59(58-64)60(65)56-54-52-50-48-46-44-42-40-38-36-34-26-24-22-20-18-16-14-12-10-8-6-4-2/h23,25,28-29,59-61,64-66H,3-22,24,26-27,30-58H2,1-2H3,(H,63,67)/b25-23-,29-28-. The van der Waals surface area contributed by atoms with Crippen molar-refractivity contribution in [2.45, 2.75) is 360 Å². The van der Waals surface area contributed by atoms with Crippen molar-refractivity contribution in [1.82, 2.24) is 5.32 Å². The molecule has 3 unspecified atom stereocenters. The molecule has 5 nitrogen and oxygen atoms in total. The van der Waals surface area contributed by atoms with Gasteiger partial charge in [-0.15, -0.1) is 0 Å². The van der Waals surface area contributed by atoms with E-state index in [4.69, 9.17) is 0 Å². The highest BCUT2D eigenvalue weighted by Gasteiger charge is 2.23. The zero-order chi connectivity index (χ0) is 48.6. The van der Waals surface area contributed by atoms with Gasteiger partial charge in [-0.1, -0.05) is 321 Å². The number of hydrogen-bond acceptors (Lipinski definition) is 4. The van der Waals surface area contributed by atoms with Gasteiger partial charge in [-0.3, -0.25) is 4.79 Å². The number of nitrogens with one attached hydrogen (secondary N) is 1. The fourth-order valence-corrected chi connectivity index (χ4v) is 9.81. The predicted molar refractivity (Wildman–Crippen MR) is 296 cm³/mol. The predicted octanol–water partition coefficient (Wildman–Crippen LogP) is 19.2. The Bertz CT molecular complexity index is 998. The molecular formula is C62H121NO4. The summed E-state index contributed by atoms with van der Waals surface area (Å²) in [5, 5.41) is 33.6. The van der Waals surface area contributed by atoms with Gasteiger partial charge < -0.3 is 20.6 Å². The normalized spacial score (nSPS) is 13.3. The Balaban J connectivity index is 3.50. The van der Waals surface area contributed by atoms with Crippen LogP contribution >= 0.6 is 0 Å². The molecule has 5 heteroatoms. The molecule has 398 valence electrons. The minimum absolute atomic E-state index is 0.310. The van der Waals surface area contributed by atoms with Crippen LogP contribution < -0.4 is 5.32 Å². The summed E-state index contributed by atoms with van der Waals surface area (Å²) < 4.78 is 0. The lowest BCUT2D eigenvalue weighted by Crippen LogP contribution is -2.49. The second-order valence-corrected chi connectivity index (χ2v) is 21.3. The lowest BCUT2D eigenvalue weighted by Gasteiger charge is -2.23. The van der Waals surface area contributed by atoms with Crippen LogP contribution in [0.2, 0.25) is 0 Å². The molecule has 0 saturated carbocycles. The van der Waals surface area contributed by atoms with Crippen molar-refractivity contribution in [3.05, 3.63) is 24.3 Å². The SMILES string of the molecule is CCCCCCCCCCC/C=C\C/C=C\CCCCCCCCCCCCCCCCC(O)C(=O)NC(CO)C(O)CCCCCCCCCCCCCCCCCCCCCCCCC. The third kappa shape index (κ3) is 52.5. The number of rotatable bonds is 57. The van der Waals surface area contributed by atoms with Crippen LogP contribution in [0.15, 0.2) is 24.3 Å². The van der Waals surface area contributed by atoms with E-state index >= 15 is 0 Å². The Kier molecular flexibility index (Phi) is 56.4. The zero-order valence-corrected chi connectivity index (χ0v) is 45.6. The summed E-state index contributed by atoms with van der Waals surface area (Å²) in [4.78, 5) is 12.6. The van der Waals surface area contributed by atoms with Crippen LogP contribution in [0.25, 0.3) is 0 Å².